The van der Waals surface area contributed by atoms with Gasteiger partial charge in [-0.25, -0.2) is 4.79 Å². The molecule has 0 amide bonds. The van der Waals surface area contributed by atoms with Crippen LogP contribution >= 0.6 is 12.2 Å². The van der Waals surface area contributed by atoms with Gasteiger partial charge in [0.1, 0.15) is 10.7 Å². The van der Waals surface area contributed by atoms with E-state index in [2.05, 4.69) is 9.72 Å². The highest BCUT2D eigenvalue weighted by Gasteiger charge is 2.11. The van der Waals surface area contributed by atoms with Gasteiger partial charge >= 0.3 is 5.97 Å². The van der Waals surface area contributed by atoms with Crippen LogP contribution in [0, 0.1) is 22.9 Å². The molecule has 0 aliphatic carbocycles. The number of hydrogen-bond acceptors (Lipinski definition) is 4. The Morgan fingerprint density at radius 2 is 2.36 bits per heavy atom. The van der Waals surface area contributed by atoms with E-state index in [0.717, 1.165) is 0 Å². The topological polar surface area (TPSA) is 65.9 Å². The summed E-state index contributed by atoms with van der Waals surface area (Å²) >= 11 is 4.89. The second kappa shape index (κ2) is 4.03. The first-order chi connectivity index (χ1) is 6.60. The largest absolute Gasteiger partial charge is 0.465 e. The standard InChI is InChI=1S/C9H8N2O2S/c1-5-7(9(12)13-2)3-6(4-10)8(14)11-5/h3H,1-2H3,(H,11,14). The van der Waals surface area contributed by atoms with E-state index in [1.54, 1.807) is 6.92 Å². The van der Waals surface area contributed by atoms with E-state index in [-0.39, 0.29) is 5.56 Å². The van der Waals surface area contributed by atoms with E-state index in [1.165, 1.54) is 13.2 Å². The molecule has 5 heteroatoms. The monoisotopic (exact) mass is 208 g/mol. The molecule has 0 bridgehead atoms. The number of rotatable bonds is 1. The Labute approximate surface area is 86.1 Å². The average molecular weight is 208 g/mol. The fourth-order valence-corrected chi connectivity index (χ4v) is 1.29. The molecule has 1 rings (SSSR count). The second-order valence-corrected chi connectivity index (χ2v) is 3.06. The number of ether oxygens (including phenoxy) is 1. The molecular weight excluding hydrogens is 200 g/mol. The lowest BCUT2D eigenvalue weighted by Gasteiger charge is -2.03. The first-order valence-corrected chi connectivity index (χ1v) is 4.23. The molecule has 1 aromatic heterocycles. The van der Waals surface area contributed by atoms with E-state index in [9.17, 15) is 4.79 Å². The minimum atomic E-state index is -0.481. The summed E-state index contributed by atoms with van der Waals surface area (Å²) in [4.78, 5) is 14.0. The zero-order valence-corrected chi connectivity index (χ0v) is 8.57. The average Bonchev–Trinajstić information content (AvgIpc) is 2.17. The number of esters is 1. The van der Waals surface area contributed by atoms with Gasteiger partial charge in [0, 0.05) is 5.69 Å². The lowest BCUT2D eigenvalue weighted by atomic mass is 10.1. The van der Waals surface area contributed by atoms with Crippen molar-refractivity contribution in [3.63, 3.8) is 0 Å². The van der Waals surface area contributed by atoms with Gasteiger partial charge in [0.25, 0.3) is 0 Å². The summed E-state index contributed by atoms with van der Waals surface area (Å²) in [6.07, 6.45) is 0. The third-order valence-electron chi connectivity index (χ3n) is 1.76. The number of hydrogen-bond donors (Lipinski definition) is 1. The van der Waals surface area contributed by atoms with Crippen molar-refractivity contribution in [2.75, 3.05) is 7.11 Å². The zero-order valence-electron chi connectivity index (χ0n) is 7.75. The molecule has 0 fully saturated rings. The number of aryl methyl sites for hydroxylation is 1. The summed E-state index contributed by atoms with van der Waals surface area (Å²) in [6, 6.07) is 3.33. The van der Waals surface area contributed by atoms with Gasteiger partial charge < -0.3 is 9.72 Å². The third kappa shape index (κ3) is 1.80. The highest BCUT2D eigenvalue weighted by molar-refractivity contribution is 7.71. The Balaban J connectivity index is 3.41. The molecular formula is C9H8N2O2S. The Morgan fingerprint density at radius 3 is 2.86 bits per heavy atom. The van der Waals surface area contributed by atoms with Crippen molar-refractivity contribution in [1.29, 1.82) is 5.26 Å². The third-order valence-corrected chi connectivity index (χ3v) is 2.09. The normalized spacial score (nSPS) is 9.21. The van der Waals surface area contributed by atoms with Gasteiger partial charge in [0.2, 0.25) is 0 Å². The molecule has 1 heterocycles. The minimum absolute atomic E-state index is 0.269. The molecule has 0 atom stereocenters. The number of H-pyrrole nitrogens is 1. The maximum atomic E-state index is 11.2. The van der Waals surface area contributed by atoms with E-state index in [4.69, 9.17) is 17.5 Å². The quantitative estimate of drug-likeness (QED) is 0.563. The van der Waals surface area contributed by atoms with Crippen LogP contribution in [0.5, 0.6) is 0 Å². The van der Waals surface area contributed by atoms with Crippen LogP contribution in [0.3, 0.4) is 0 Å². The molecule has 14 heavy (non-hydrogen) atoms. The predicted octanol–water partition coefficient (Wildman–Crippen LogP) is 1.71. The van der Waals surface area contributed by atoms with Gasteiger partial charge in [-0.1, -0.05) is 12.2 Å². The van der Waals surface area contributed by atoms with E-state index in [1.807, 2.05) is 6.07 Å². The van der Waals surface area contributed by atoms with E-state index >= 15 is 0 Å². The maximum Gasteiger partial charge on any atom is 0.339 e. The number of nitrogens with zero attached hydrogens (tertiary/aromatic N) is 1. The van der Waals surface area contributed by atoms with Crippen molar-refractivity contribution in [3.05, 3.63) is 27.5 Å². The molecule has 0 aromatic carbocycles. The van der Waals surface area contributed by atoms with Crippen LogP contribution in [0.4, 0.5) is 0 Å². The van der Waals surface area contributed by atoms with Crippen molar-refractivity contribution in [2.24, 2.45) is 0 Å². The van der Waals surface area contributed by atoms with Crippen LogP contribution in [0.25, 0.3) is 0 Å². The molecule has 0 radical (unpaired) electrons. The summed E-state index contributed by atoms with van der Waals surface area (Å²) in [7, 11) is 1.29. The summed E-state index contributed by atoms with van der Waals surface area (Å²) in [5.74, 6) is -0.481. The Kier molecular flexibility index (Phi) is 2.99. The van der Waals surface area contributed by atoms with Crippen molar-refractivity contribution in [1.82, 2.24) is 4.98 Å². The molecule has 0 saturated heterocycles. The highest BCUT2D eigenvalue weighted by atomic mass is 32.1. The van der Waals surface area contributed by atoms with Gasteiger partial charge in [-0.05, 0) is 13.0 Å². The molecule has 1 aromatic rings. The Hall–Kier alpha value is -1.67. The molecule has 0 unspecified atom stereocenters. The smallest absolute Gasteiger partial charge is 0.339 e. The van der Waals surface area contributed by atoms with Crippen LogP contribution in [0.2, 0.25) is 0 Å². The fraction of sp³-hybridized carbons (Fsp3) is 0.222. The van der Waals surface area contributed by atoms with Crippen molar-refractivity contribution < 1.29 is 9.53 Å². The molecule has 0 aliphatic rings. The van der Waals surface area contributed by atoms with Gasteiger partial charge in [0.05, 0.1) is 18.2 Å². The molecule has 0 spiro atoms. The number of pyridine rings is 1. The van der Waals surface area contributed by atoms with E-state index < -0.39 is 5.97 Å². The maximum absolute atomic E-state index is 11.2. The molecule has 72 valence electrons. The lowest BCUT2D eigenvalue weighted by Crippen LogP contribution is -2.06. The van der Waals surface area contributed by atoms with Crippen LogP contribution < -0.4 is 0 Å². The Morgan fingerprint density at radius 1 is 1.71 bits per heavy atom. The SMILES string of the molecule is COC(=O)c1cc(C#N)c(=S)[nH]c1C. The molecule has 4 nitrogen and oxygen atoms in total. The van der Waals surface area contributed by atoms with Crippen LogP contribution in [0.15, 0.2) is 6.07 Å². The van der Waals surface area contributed by atoms with Gasteiger partial charge in [-0.15, -0.1) is 0 Å². The second-order valence-electron chi connectivity index (χ2n) is 2.65. The number of nitriles is 1. The van der Waals surface area contributed by atoms with Gasteiger partial charge in [-0.2, -0.15) is 5.26 Å². The van der Waals surface area contributed by atoms with Gasteiger partial charge in [-0.3, -0.25) is 0 Å². The van der Waals surface area contributed by atoms with Crippen LogP contribution in [0.1, 0.15) is 21.6 Å². The van der Waals surface area contributed by atoms with E-state index in [0.29, 0.717) is 15.9 Å². The number of methoxy groups -OCH3 is 1. The summed E-state index contributed by atoms with van der Waals surface area (Å²) in [5.41, 5.74) is 1.20. The summed E-state index contributed by atoms with van der Waals surface area (Å²) in [5, 5.41) is 8.70. The summed E-state index contributed by atoms with van der Waals surface area (Å²) in [6.45, 7) is 1.70. The first-order valence-electron chi connectivity index (χ1n) is 3.82. The summed E-state index contributed by atoms with van der Waals surface area (Å²) < 4.78 is 4.89. The van der Waals surface area contributed by atoms with Crippen molar-refractivity contribution in [3.8, 4) is 6.07 Å². The number of aromatic nitrogens is 1. The molecule has 1 N–H and O–H groups in total. The fourth-order valence-electron chi connectivity index (χ4n) is 1.03. The predicted molar refractivity (Wildman–Crippen MR) is 52.4 cm³/mol. The zero-order chi connectivity index (χ0) is 10.7. The molecule has 0 aliphatic heterocycles. The van der Waals surface area contributed by atoms with Crippen LogP contribution in [-0.2, 0) is 4.74 Å². The number of nitrogens with one attached hydrogen (secondary N) is 1. The van der Waals surface area contributed by atoms with Gasteiger partial charge in [0.15, 0.2) is 0 Å². The number of carbonyl (C=O) groups excluding carboxylic acids is 1. The van der Waals surface area contributed by atoms with Crippen molar-refractivity contribution in [2.45, 2.75) is 6.92 Å². The number of carbonyl (C=O) groups is 1. The lowest BCUT2D eigenvalue weighted by molar-refractivity contribution is 0.0599. The molecule has 0 saturated carbocycles. The van der Waals surface area contributed by atoms with Crippen molar-refractivity contribution >= 4 is 18.2 Å². The Bertz CT molecular complexity index is 471. The highest BCUT2D eigenvalue weighted by Crippen LogP contribution is 2.10. The minimum Gasteiger partial charge on any atom is -0.465 e. The van der Waals surface area contributed by atoms with Crippen LogP contribution in [-0.4, -0.2) is 18.1 Å². The first kappa shape index (κ1) is 10.4. The number of aromatic amines is 1.